The number of carbonyl (C=O) groups excluding carboxylic acids is 1. The number of rotatable bonds is 7. The Hall–Kier alpha value is -2.72. The fourth-order valence-electron chi connectivity index (χ4n) is 3.41. The molecule has 0 unspecified atom stereocenters. The maximum atomic E-state index is 11.8. The molecule has 152 valence electrons. The van der Waals surface area contributed by atoms with Crippen LogP contribution in [0.2, 0.25) is 0 Å². The van der Waals surface area contributed by atoms with Crippen LogP contribution in [-0.2, 0) is 9.53 Å². The number of benzene rings is 1. The van der Waals surface area contributed by atoms with E-state index in [1.54, 1.807) is 6.08 Å². The third-order valence-electron chi connectivity index (χ3n) is 4.90. The molecule has 3 rings (SSSR count). The molecule has 0 spiro atoms. The van der Waals surface area contributed by atoms with Crippen LogP contribution in [0, 0.1) is 6.92 Å². The van der Waals surface area contributed by atoms with Crippen LogP contribution in [0.3, 0.4) is 0 Å². The molecule has 0 radical (unpaired) electrons. The Morgan fingerprint density at radius 1 is 1.14 bits per heavy atom. The third-order valence-corrected chi connectivity index (χ3v) is 4.90. The van der Waals surface area contributed by atoms with Crippen molar-refractivity contribution in [2.24, 2.45) is 0 Å². The van der Waals surface area contributed by atoms with Crippen molar-refractivity contribution in [3.05, 3.63) is 77.1 Å². The third kappa shape index (κ3) is 6.40. The predicted octanol–water partition coefficient (Wildman–Crippen LogP) is 4.88. The SMILES string of the molecule is Cc1ccc(/C(=C/CN2CCCC2)c2cccc(/C=C/C(=O)OC(C)C)n2)cc1. The first-order valence-electron chi connectivity index (χ1n) is 10.4. The second-order valence-corrected chi connectivity index (χ2v) is 7.76. The average molecular weight is 391 g/mol. The van der Waals surface area contributed by atoms with Gasteiger partial charge in [-0.1, -0.05) is 42.0 Å². The molecule has 0 bridgehead atoms. The first-order valence-corrected chi connectivity index (χ1v) is 10.4. The van der Waals surface area contributed by atoms with E-state index in [0.717, 1.165) is 42.2 Å². The number of aryl methyl sites for hydroxylation is 1. The molecule has 0 saturated carbocycles. The Morgan fingerprint density at radius 2 is 1.86 bits per heavy atom. The lowest BCUT2D eigenvalue weighted by Gasteiger charge is -2.14. The molecule has 1 saturated heterocycles. The van der Waals surface area contributed by atoms with Crippen molar-refractivity contribution in [1.82, 2.24) is 9.88 Å². The van der Waals surface area contributed by atoms with Gasteiger partial charge >= 0.3 is 5.97 Å². The van der Waals surface area contributed by atoms with Gasteiger partial charge in [0.05, 0.1) is 17.5 Å². The summed E-state index contributed by atoms with van der Waals surface area (Å²) < 4.78 is 5.16. The van der Waals surface area contributed by atoms with Gasteiger partial charge in [0, 0.05) is 18.2 Å². The molecule has 1 aromatic carbocycles. The van der Waals surface area contributed by atoms with Crippen LogP contribution in [0.25, 0.3) is 11.6 Å². The van der Waals surface area contributed by atoms with Crippen LogP contribution < -0.4 is 0 Å². The smallest absolute Gasteiger partial charge is 0.331 e. The van der Waals surface area contributed by atoms with Gasteiger partial charge in [0.1, 0.15) is 0 Å². The number of hydrogen-bond donors (Lipinski definition) is 0. The van der Waals surface area contributed by atoms with Crippen LogP contribution in [0.5, 0.6) is 0 Å². The van der Waals surface area contributed by atoms with E-state index < -0.39 is 0 Å². The maximum absolute atomic E-state index is 11.8. The van der Waals surface area contributed by atoms with Crippen molar-refractivity contribution in [2.75, 3.05) is 19.6 Å². The van der Waals surface area contributed by atoms with E-state index in [1.807, 2.05) is 32.0 Å². The van der Waals surface area contributed by atoms with Crippen molar-refractivity contribution >= 4 is 17.6 Å². The quantitative estimate of drug-likeness (QED) is 0.499. The van der Waals surface area contributed by atoms with Gasteiger partial charge in [0.15, 0.2) is 0 Å². The second kappa shape index (κ2) is 10.2. The van der Waals surface area contributed by atoms with Crippen LogP contribution in [-0.4, -0.2) is 41.6 Å². The van der Waals surface area contributed by atoms with Gasteiger partial charge in [-0.15, -0.1) is 0 Å². The number of carbonyl (C=O) groups is 1. The number of likely N-dealkylation sites (tertiary alicyclic amines) is 1. The van der Waals surface area contributed by atoms with Crippen molar-refractivity contribution in [3.63, 3.8) is 0 Å². The number of pyridine rings is 1. The molecule has 1 aliphatic heterocycles. The Kier molecular flexibility index (Phi) is 7.36. The van der Waals surface area contributed by atoms with E-state index in [1.165, 1.54) is 24.5 Å². The summed E-state index contributed by atoms with van der Waals surface area (Å²) in [6.45, 7) is 9.01. The summed E-state index contributed by atoms with van der Waals surface area (Å²) in [5, 5.41) is 0. The standard InChI is InChI=1S/C25H30N2O2/c1-19(2)29-25(28)14-13-22-7-6-8-24(26-22)23(15-18-27-16-4-5-17-27)21-11-9-20(3)10-12-21/h6-15,19H,4-5,16-18H2,1-3H3/b14-13+,23-15-. The highest BCUT2D eigenvalue weighted by Gasteiger charge is 2.12. The summed E-state index contributed by atoms with van der Waals surface area (Å²) in [5.74, 6) is -0.351. The first-order chi connectivity index (χ1) is 14.0. The molecule has 29 heavy (non-hydrogen) atoms. The molecule has 0 aliphatic carbocycles. The molecule has 1 aliphatic rings. The van der Waals surface area contributed by atoms with E-state index in [-0.39, 0.29) is 12.1 Å². The zero-order valence-corrected chi connectivity index (χ0v) is 17.6. The lowest BCUT2D eigenvalue weighted by Crippen LogP contribution is -2.19. The van der Waals surface area contributed by atoms with E-state index in [2.05, 4.69) is 42.2 Å². The minimum atomic E-state index is -0.351. The summed E-state index contributed by atoms with van der Waals surface area (Å²) in [6.07, 6.45) is 7.84. The monoisotopic (exact) mass is 390 g/mol. The molecule has 4 nitrogen and oxygen atoms in total. The number of ether oxygens (including phenoxy) is 1. The van der Waals surface area contributed by atoms with Gasteiger partial charge in [-0.3, -0.25) is 4.90 Å². The summed E-state index contributed by atoms with van der Waals surface area (Å²) in [7, 11) is 0. The van der Waals surface area contributed by atoms with Crippen molar-refractivity contribution < 1.29 is 9.53 Å². The predicted molar refractivity (Wildman–Crippen MR) is 118 cm³/mol. The molecule has 0 atom stereocenters. The van der Waals surface area contributed by atoms with Gasteiger partial charge in [0.2, 0.25) is 0 Å². The minimum Gasteiger partial charge on any atom is -0.460 e. The molecule has 1 aromatic heterocycles. The van der Waals surface area contributed by atoms with Crippen LogP contribution in [0.4, 0.5) is 0 Å². The zero-order chi connectivity index (χ0) is 20.6. The van der Waals surface area contributed by atoms with Crippen molar-refractivity contribution in [3.8, 4) is 0 Å². The normalized spacial score (nSPS) is 15.4. The average Bonchev–Trinajstić information content (AvgIpc) is 3.21. The fourth-order valence-corrected chi connectivity index (χ4v) is 3.41. The Morgan fingerprint density at radius 3 is 2.55 bits per heavy atom. The number of hydrogen-bond acceptors (Lipinski definition) is 4. The second-order valence-electron chi connectivity index (χ2n) is 7.76. The van der Waals surface area contributed by atoms with Gasteiger partial charge in [0.25, 0.3) is 0 Å². The van der Waals surface area contributed by atoms with Crippen LogP contribution in [0.1, 0.15) is 49.2 Å². The van der Waals surface area contributed by atoms with E-state index in [4.69, 9.17) is 9.72 Å². The summed E-state index contributed by atoms with van der Waals surface area (Å²) >= 11 is 0. The van der Waals surface area contributed by atoms with Crippen molar-refractivity contribution in [1.29, 1.82) is 0 Å². The molecule has 1 fully saturated rings. The Balaban J connectivity index is 1.86. The first kappa shape index (κ1) is 21.0. The summed E-state index contributed by atoms with van der Waals surface area (Å²) in [5.41, 5.74) is 5.16. The molecular formula is C25H30N2O2. The lowest BCUT2D eigenvalue weighted by atomic mass is 10.00. The van der Waals surface area contributed by atoms with E-state index >= 15 is 0 Å². The molecule has 0 amide bonds. The Labute approximate surface area is 173 Å². The van der Waals surface area contributed by atoms with Gasteiger partial charge in [-0.2, -0.15) is 0 Å². The van der Waals surface area contributed by atoms with Crippen molar-refractivity contribution in [2.45, 2.75) is 39.7 Å². The summed E-state index contributed by atoms with van der Waals surface area (Å²) in [4.78, 5) is 19.1. The van der Waals surface area contributed by atoms with Gasteiger partial charge in [-0.05, 0) is 70.5 Å². The minimum absolute atomic E-state index is 0.131. The highest BCUT2D eigenvalue weighted by molar-refractivity contribution is 5.87. The molecule has 2 heterocycles. The van der Waals surface area contributed by atoms with Gasteiger partial charge < -0.3 is 4.74 Å². The van der Waals surface area contributed by atoms with Crippen LogP contribution >= 0.6 is 0 Å². The van der Waals surface area contributed by atoms with Gasteiger partial charge in [-0.25, -0.2) is 9.78 Å². The summed E-state index contributed by atoms with van der Waals surface area (Å²) in [6, 6.07) is 14.5. The number of esters is 1. The number of nitrogens with zero attached hydrogens (tertiary/aromatic N) is 2. The van der Waals surface area contributed by atoms with E-state index in [9.17, 15) is 4.79 Å². The lowest BCUT2D eigenvalue weighted by molar-refractivity contribution is -0.141. The largest absolute Gasteiger partial charge is 0.460 e. The molecule has 0 N–H and O–H groups in total. The topological polar surface area (TPSA) is 42.4 Å². The highest BCUT2D eigenvalue weighted by atomic mass is 16.5. The highest BCUT2D eigenvalue weighted by Crippen LogP contribution is 2.23. The fraction of sp³-hybridized carbons (Fsp3) is 0.360. The van der Waals surface area contributed by atoms with E-state index in [0.29, 0.717) is 0 Å². The number of aromatic nitrogens is 1. The molecule has 4 heteroatoms. The Bertz CT molecular complexity index is 876. The zero-order valence-electron chi connectivity index (χ0n) is 17.6. The molecular weight excluding hydrogens is 360 g/mol. The van der Waals surface area contributed by atoms with Crippen LogP contribution in [0.15, 0.2) is 54.6 Å². The molecule has 2 aromatic rings. The maximum Gasteiger partial charge on any atom is 0.331 e.